The van der Waals surface area contributed by atoms with Crippen LogP contribution in [0.25, 0.3) is 0 Å². The molecule has 0 aromatic heterocycles. The predicted octanol–water partition coefficient (Wildman–Crippen LogP) is 2.82. The average molecular weight is 226 g/mol. The number of hydrogen-bond donors (Lipinski definition) is 1. The summed E-state index contributed by atoms with van der Waals surface area (Å²) in [6.45, 7) is 3.12. The van der Waals surface area contributed by atoms with Gasteiger partial charge in [0.2, 0.25) is 0 Å². The SMILES string of the molecule is CCN(c1cccc(Cl)c1CO)C1CC1. The average Bonchev–Trinajstić information content (AvgIpc) is 3.04. The van der Waals surface area contributed by atoms with Crippen molar-refractivity contribution < 1.29 is 5.11 Å². The molecule has 2 nitrogen and oxygen atoms in total. The van der Waals surface area contributed by atoms with Gasteiger partial charge in [-0.1, -0.05) is 17.7 Å². The highest BCUT2D eigenvalue weighted by Crippen LogP contribution is 2.35. The number of anilines is 1. The van der Waals surface area contributed by atoms with Crippen LogP contribution in [0, 0.1) is 0 Å². The molecule has 0 amide bonds. The second-order valence-electron chi connectivity index (χ2n) is 3.91. The Labute approximate surface area is 95.5 Å². The molecule has 1 N–H and O–H groups in total. The monoisotopic (exact) mass is 225 g/mol. The summed E-state index contributed by atoms with van der Waals surface area (Å²) in [5, 5.41) is 10.00. The number of benzene rings is 1. The van der Waals surface area contributed by atoms with Crippen LogP contribution in [-0.4, -0.2) is 17.7 Å². The van der Waals surface area contributed by atoms with Crippen molar-refractivity contribution in [2.45, 2.75) is 32.4 Å². The molecule has 1 saturated carbocycles. The van der Waals surface area contributed by atoms with Gasteiger partial charge in [0.25, 0.3) is 0 Å². The van der Waals surface area contributed by atoms with Crippen molar-refractivity contribution >= 4 is 17.3 Å². The van der Waals surface area contributed by atoms with Gasteiger partial charge in [0.15, 0.2) is 0 Å². The zero-order valence-electron chi connectivity index (χ0n) is 8.91. The van der Waals surface area contributed by atoms with Gasteiger partial charge in [-0.05, 0) is 31.9 Å². The third-order valence-electron chi connectivity index (χ3n) is 2.89. The Morgan fingerprint density at radius 3 is 2.73 bits per heavy atom. The van der Waals surface area contributed by atoms with Crippen LogP contribution in [0.2, 0.25) is 5.02 Å². The Kier molecular flexibility index (Phi) is 3.17. The first kappa shape index (κ1) is 10.8. The lowest BCUT2D eigenvalue weighted by atomic mass is 10.1. The molecule has 0 saturated heterocycles. The summed E-state index contributed by atoms with van der Waals surface area (Å²) in [4.78, 5) is 2.33. The maximum absolute atomic E-state index is 9.33. The van der Waals surface area contributed by atoms with E-state index in [1.165, 1.54) is 12.8 Å². The van der Waals surface area contributed by atoms with Crippen LogP contribution in [0.5, 0.6) is 0 Å². The van der Waals surface area contributed by atoms with Crippen LogP contribution in [0.3, 0.4) is 0 Å². The van der Waals surface area contributed by atoms with Gasteiger partial charge in [-0.2, -0.15) is 0 Å². The molecule has 0 unspecified atom stereocenters. The van der Waals surface area contributed by atoms with Crippen molar-refractivity contribution in [3.63, 3.8) is 0 Å². The Hall–Kier alpha value is -0.730. The summed E-state index contributed by atoms with van der Waals surface area (Å²) < 4.78 is 0. The van der Waals surface area contributed by atoms with Gasteiger partial charge in [-0.15, -0.1) is 0 Å². The van der Waals surface area contributed by atoms with Crippen molar-refractivity contribution in [2.75, 3.05) is 11.4 Å². The quantitative estimate of drug-likeness (QED) is 0.852. The molecular weight excluding hydrogens is 210 g/mol. The second-order valence-corrected chi connectivity index (χ2v) is 4.32. The molecule has 2 rings (SSSR count). The van der Waals surface area contributed by atoms with E-state index >= 15 is 0 Å². The Morgan fingerprint density at radius 2 is 2.20 bits per heavy atom. The molecule has 3 heteroatoms. The molecule has 15 heavy (non-hydrogen) atoms. The molecule has 0 bridgehead atoms. The van der Waals surface area contributed by atoms with Crippen LogP contribution in [0.1, 0.15) is 25.3 Å². The van der Waals surface area contributed by atoms with Gasteiger partial charge in [0.1, 0.15) is 0 Å². The first-order valence-corrected chi connectivity index (χ1v) is 5.80. The van der Waals surface area contributed by atoms with E-state index in [9.17, 15) is 5.11 Å². The molecule has 0 spiro atoms. The Bertz CT molecular complexity index is 349. The van der Waals surface area contributed by atoms with Crippen LogP contribution in [-0.2, 0) is 6.61 Å². The molecule has 1 aliphatic rings. The predicted molar refractivity (Wildman–Crippen MR) is 63.4 cm³/mol. The minimum absolute atomic E-state index is 0.0121. The van der Waals surface area contributed by atoms with Crippen molar-refractivity contribution in [3.8, 4) is 0 Å². The first-order valence-electron chi connectivity index (χ1n) is 5.42. The summed E-state index contributed by atoms with van der Waals surface area (Å²) in [5.41, 5.74) is 1.95. The van der Waals surface area contributed by atoms with E-state index in [2.05, 4.69) is 11.8 Å². The lowest BCUT2D eigenvalue weighted by molar-refractivity contribution is 0.282. The lowest BCUT2D eigenvalue weighted by Crippen LogP contribution is -2.26. The minimum Gasteiger partial charge on any atom is -0.392 e. The second kappa shape index (κ2) is 4.42. The molecule has 1 aliphatic carbocycles. The van der Waals surface area contributed by atoms with Crippen LogP contribution in [0.4, 0.5) is 5.69 Å². The van der Waals surface area contributed by atoms with E-state index in [0.29, 0.717) is 11.1 Å². The molecular formula is C12H16ClNO. The number of hydrogen-bond acceptors (Lipinski definition) is 2. The molecule has 1 aromatic carbocycles. The molecule has 0 heterocycles. The Balaban J connectivity index is 2.36. The van der Waals surface area contributed by atoms with Gasteiger partial charge in [0, 0.05) is 28.9 Å². The fourth-order valence-corrected chi connectivity index (χ4v) is 2.21. The largest absolute Gasteiger partial charge is 0.392 e. The van der Waals surface area contributed by atoms with Crippen LogP contribution in [0.15, 0.2) is 18.2 Å². The summed E-state index contributed by atoms with van der Waals surface area (Å²) in [7, 11) is 0. The summed E-state index contributed by atoms with van der Waals surface area (Å²) in [6, 6.07) is 6.47. The number of rotatable bonds is 4. The topological polar surface area (TPSA) is 23.5 Å². The van der Waals surface area contributed by atoms with Gasteiger partial charge in [-0.25, -0.2) is 0 Å². The van der Waals surface area contributed by atoms with Gasteiger partial charge in [-0.3, -0.25) is 0 Å². The number of halogens is 1. The highest BCUT2D eigenvalue weighted by atomic mass is 35.5. The van der Waals surface area contributed by atoms with Crippen LogP contribution >= 0.6 is 11.6 Å². The van der Waals surface area contributed by atoms with E-state index in [-0.39, 0.29) is 6.61 Å². The Morgan fingerprint density at radius 1 is 1.47 bits per heavy atom. The molecule has 1 fully saturated rings. The summed E-state index contributed by atoms with van der Waals surface area (Å²) in [6.07, 6.45) is 2.51. The minimum atomic E-state index is 0.0121. The number of aliphatic hydroxyl groups excluding tert-OH is 1. The van der Waals surface area contributed by atoms with E-state index in [4.69, 9.17) is 11.6 Å². The molecule has 0 aliphatic heterocycles. The van der Waals surface area contributed by atoms with Crippen molar-refractivity contribution in [2.24, 2.45) is 0 Å². The fourth-order valence-electron chi connectivity index (χ4n) is 1.98. The fraction of sp³-hybridized carbons (Fsp3) is 0.500. The highest BCUT2D eigenvalue weighted by Gasteiger charge is 2.29. The lowest BCUT2D eigenvalue weighted by Gasteiger charge is -2.25. The highest BCUT2D eigenvalue weighted by molar-refractivity contribution is 6.31. The third-order valence-corrected chi connectivity index (χ3v) is 3.24. The summed E-state index contributed by atoms with van der Waals surface area (Å²) in [5.74, 6) is 0. The summed E-state index contributed by atoms with van der Waals surface area (Å²) >= 11 is 6.07. The van der Waals surface area contributed by atoms with Gasteiger partial charge in [0.05, 0.1) is 6.61 Å². The van der Waals surface area contributed by atoms with Gasteiger partial charge < -0.3 is 10.0 Å². The van der Waals surface area contributed by atoms with Crippen molar-refractivity contribution in [1.29, 1.82) is 0 Å². The van der Waals surface area contributed by atoms with E-state index in [1.807, 2.05) is 18.2 Å². The maximum atomic E-state index is 9.33. The van der Waals surface area contributed by atoms with Crippen LogP contribution < -0.4 is 4.90 Å². The maximum Gasteiger partial charge on any atom is 0.0716 e. The number of nitrogens with zero attached hydrogens (tertiary/aromatic N) is 1. The number of aliphatic hydroxyl groups is 1. The molecule has 0 radical (unpaired) electrons. The molecule has 1 aromatic rings. The van der Waals surface area contributed by atoms with E-state index < -0.39 is 0 Å². The molecule has 82 valence electrons. The van der Waals surface area contributed by atoms with Crippen molar-refractivity contribution in [1.82, 2.24) is 0 Å². The first-order chi connectivity index (χ1) is 7.27. The third kappa shape index (κ3) is 2.11. The standard InChI is InChI=1S/C12H16ClNO/c1-2-14(9-6-7-9)12-5-3-4-11(13)10(12)8-15/h3-5,9,15H,2,6-8H2,1H3. The van der Waals surface area contributed by atoms with Gasteiger partial charge >= 0.3 is 0 Å². The normalized spacial score (nSPS) is 15.4. The molecule has 0 atom stereocenters. The van der Waals surface area contributed by atoms with E-state index in [1.54, 1.807) is 0 Å². The van der Waals surface area contributed by atoms with E-state index in [0.717, 1.165) is 17.8 Å². The zero-order valence-corrected chi connectivity index (χ0v) is 9.67. The van der Waals surface area contributed by atoms with Crippen molar-refractivity contribution in [3.05, 3.63) is 28.8 Å². The smallest absolute Gasteiger partial charge is 0.0716 e. The zero-order chi connectivity index (χ0) is 10.8.